The first-order valence-corrected chi connectivity index (χ1v) is 10.5. The van der Waals surface area contributed by atoms with Crippen molar-refractivity contribution in [2.24, 2.45) is 10.9 Å². The molecular formula is C26H28N2O5. The highest BCUT2D eigenvalue weighted by Crippen LogP contribution is 2.24. The van der Waals surface area contributed by atoms with E-state index >= 15 is 0 Å². The Morgan fingerprint density at radius 1 is 0.939 bits per heavy atom. The van der Waals surface area contributed by atoms with Crippen molar-refractivity contribution >= 4 is 11.7 Å². The molecule has 1 unspecified atom stereocenters. The Labute approximate surface area is 193 Å². The molecule has 0 saturated carbocycles. The number of carboxylic acids is 1. The van der Waals surface area contributed by atoms with Gasteiger partial charge in [0.05, 0.1) is 6.42 Å². The summed E-state index contributed by atoms with van der Waals surface area (Å²) in [6.45, 7) is 2.36. The van der Waals surface area contributed by atoms with E-state index in [1.54, 1.807) is 31.2 Å². The van der Waals surface area contributed by atoms with Crippen LogP contribution in [0.5, 0.6) is 11.5 Å². The molecule has 172 valence electrons. The molecule has 0 spiro atoms. The van der Waals surface area contributed by atoms with Gasteiger partial charge in [-0.3, -0.25) is 4.79 Å². The maximum atomic E-state index is 11.0. The van der Waals surface area contributed by atoms with Crippen LogP contribution in [0, 0.1) is 0 Å². The Hall–Kier alpha value is -3.84. The normalized spacial score (nSPS) is 13.1. The summed E-state index contributed by atoms with van der Waals surface area (Å²) in [5, 5.41) is 13.1. The number of nitrogens with zero attached hydrogens (tertiary/aromatic N) is 1. The van der Waals surface area contributed by atoms with Crippen molar-refractivity contribution in [3.05, 3.63) is 95.6 Å². The molecule has 7 heteroatoms. The largest absolute Gasteiger partial charge is 0.489 e. The van der Waals surface area contributed by atoms with Crippen LogP contribution in [0.2, 0.25) is 0 Å². The molecule has 0 saturated heterocycles. The van der Waals surface area contributed by atoms with E-state index < -0.39 is 11.5 Å². The summed E-state index contributed by atoms with van der Waals surface area (Å²) in [6.07, 6.45) is -0.147. The van der Waals surface area contributed by atoms with E-state index in [-0.39, 0.29) is 13.0 Å². The number of carbonyl (C=O) groups is 1. The average Bonchev–Trinajstić information content (AvgIpc) is 2.81. The van der Waals surface area contributed by atoms with Gasteiger partial charge in [0.25, 0.3) is 0 Å². The van der Waals surface area contributed by atoms with Crippen LogP contribution in [0.1, 0.15) is 30.0 Å². The van der Waals surface area contributed by atoms with Crippen LogP contribution in [0.25, 0.3) is 0 Å². The second-order valence-corrected chi connectivity index (χ2v) is 7.82. The molecule has 0 aliphatic carbocycles. The number of hydrogen-bond acceptors (Lipinski definition) is 6. The van der Waals surface area contributed by atoms with E-state index in [9.17, 15) is 4.79 Å². The van der Waals surface area contributed by atoms with E-state index in [1.165, 1.54) is 7.11 Å². The van der Waals surface area contributed by atoms with Crippen LogP contribution >= 0.6 is 0 Å². The zero-order valence-electron chi connectivity index (χ0n) is 18.7. The van der Waals surface area contributed by atoms with Crippen molar-refractivity contribution in [1.29, 1.82) is 0 Å². The van der Waals surface area contributed by atoms with Crippen LogP contribution in [0.3, 0.4) is 0 Å². The molecule has 33 heavy (non-hydrogen) atoms. The van der Waals surface area contributed by atoms with Gasteiger partial charge in [0.1, 0.15) is 37.5 Å². The fourth-order valence-electron chi connectivity index (χ4n) is 3.25. The van der Waals surface area contributed by atoms with Gasteiger partial charge in [-0.2, -0.15) is 0 Å². The number of nitrogens with two attached hydrogens (primary N) is 1. The monoisotopic (exact) mass is 448 g/mol. The minimum atomic E-state index is -0.936. The third kappa shape index (κ3) is 7.08. The van der Waals surface area contributed by atoms with E-state index in [0.29, 0.717) is 23.8 Å². The Morgan fingerprint density at radius 3 is 2.15 bits per heavy atom. The van der Waals surface area contributed by atoms with Crippen molar-refractivity contribution in [1.82, 2.24) is 0 Å². The fraction of sp³-hybridized carbons (Fsp3) is 0.231. The van der Waals surface area contributed by atoms with Gasteiger partial charge >= 0.3 is 5.97 Å². The van der Waals surface area contributed by atoms with Crippen molar-refractivity contribution < 1.29 is 24.2 Å². The molecular weight excluding hydrogens is 420 g/mol. The van der Waals surface area contributed by atoms with Crippen molar-refractivity contribution in [3.8, 4) is 11.5 Å². The van der Waals surface area contributed by atoms with Gasteiger partial charge < -0.3 is 25.2 Å². The molecule has 0 fully saturated rings. The quantitative estimate of drug-likeness (QED) is 0.334. The molecule has 3 aromatic rings. The van der Waals surface area contributed by atoms with Gasteiger partial charge in [0, 0.05) is 11.1 Å². The van der Waals surface area contributed by atoms with Gasteiger partial charge in [0.2, 0.25) is 0 Å². The first-order valence-electron chi connectivity index (χ1n) is 10.5. The van der Waals surface area contributed by atoms with Gasteiger partial charge in [-0.25, -0.2) is 0 Å². The smallest absolute Gasteiger partial charge is 0.305 e. The average molecular weight is 449 g/mol. The number of carboxylic acid groups (broad SMARTS) is 1. The molecule has 0 aliphatic rings. The Balaban J connectivity index is 1.53. The van der Waals surface area contributed by atoms with E-state index in [4.69, 9.17) is 25.2 Å². The van der Waals surface area contributed by atoms with Gasteiger partial charge in [-0.05, 0) is 42.3 Å². The summed E-state index contributed by atoms with van der Waals surface area (Å²) < 4.78 is 11.7. The molecule has 3 N–H and O–H groups in total. The van der Waals surface area contributed by atoms with Gasteiger partial charge in [-0.15, -0.1) is 0 Å². The Kier molecular flexibility index (Phi) is 8.05. The zero-order chi connectivity index (χ0) is 23.7. The molecule has 3 aromatic carbocycles. The number of hydrogen-bond donors (Lipinski definition) is 2. The third-order valence-corrected chi connectivity index (χ3v) is 5.05. The molecule has 7 nitrogen and oxygen atoms in total. The van der Waals surface area contributed by atoms with Crippen LogP contribution in [0.4, 0.5) is 0 Å². The lowest BCUT2D eigenvalue weighted by Crippen LogP contribution is -2.35. The highest BCUT2D eigenvalue weighted by Gasteiger charge is 2.24. The number of ether oxygens (including phenoxy) is 2. The second-order valence-electron chi connectivity index (χ2n) is 7.82. The van der Waals surface area contributed by atoms with Crippen molar-refractivity contribution in [3.63, 3.8) is 0 Å². The first kappa shape index (κ1) is 23.8. The zero-order valence-corrected chi connectivity index (χ0v) is 18.7. The summed E-state index contributed by atoms with van der Waals surface area (Å²) in [5.41, 5.74) is 8.54. The highest BCUT2D eigenvalue weighted by atomic mass is 16.6. The Morgan fingerprint density at radius 2 is 1.55 bits per heavy atom. The lowest BCUT2D eigenvalue weighted by molar-refractivity contribution is -0.138. The minimum absolute atomic E-state index is 0.147. The third-order valence-electron chi connectivity index (χ3n) is 5.05. The van der Waals surface area contributed by atoms with Crippen LogP contribution < -0.4 is 15.2 Å². The maximum absolute atomic E-state index is 11.0. The van der Waals surface area contributed by atoms with Crippen molar-refractivity contribution in [2.75, 3.05) is 13.7 Å². The summed E-state index contributed by atoms with van der Waals surface area (Å²) in [7, 11) is 1.51. The molecule has 0 aliphatic heterocycles. The van der Waals surface area contributed by atoms with Gasteiger partial charge in [-0.1, -0.05) is 59.8 Å². The highest BCUT2D eigenvalue weighted by molar-refractivity contribution is 6.01. The van der Waals surface area contributed by atoms with E-state index in [1.807, 2.05) is 54.6 Å². The lowest BCUT2D eigenvalue weighted by Gasteiger charge is -2.23. The Bertz CT molecular complexity index is 1060. The molecule has 0 bridgehead atoms. The molecule has 0 amide bonds. The van der Waals surface area contributed by atoms with Crippen LogP contribution in [-0.2, 0) is 21.8 Å². The second kappa shape index (κ2) is 11.2. The predicted octanol–water partition coefficient (Wildman–Crippen LogP) is 4.34. The molecule has 1 atom stereocenters. The number of rotatable bonds is 11. The number of oxime groups is 1. The standard InChI is InChI=1S/C26H28N2O5/c1-26(27,16-25(29)30)21-10-14-23(15-11-21)32-17-19-8-12-22(13-9-19)33-18-24(28-31-2)20-6-4-3-5-7-20/h3-15H,16-18,27H2,1-2H3,(H,29,30)/b28-24+. The van der Waals surface area contributed by atoms with Gasteiger partial charge in [0.15, 0.2) is 0 Å². The number of benzene rings is 3. The van der Waals surface area contributed by atoms with Crippen molar-refractivity contribution in [2.45, 2.75) is 25.5 Å². The lowest BCUT2D eigenvalue weighted by atomic mass is 9.90. The molecule has 3 rings (SSSR count). The fourth-order valence-corrected chi connectivity index (χ4v) is 3.25. The predicted molar refractivity (Wildman–Crippen MR) is 126 cm³/mol. The first-order chi connectivity index (χ1) is 15.9. The molecule has 0 radical (unpaired) electrons. The minimum Gasteiger partial charge on any atom is -0.489 e. The maximum Gasteiger partial charge on any atom is 0.305 e. The summed E-state index contributed by atoms with van der Waals surface area (Å²) in [4.78, 5) is 15.9. The van der Waals surface area contributed by atoms with E-state index in [2.05, 4.69) is 5.16 Å². The SMILES string of the molecule is CO/N=C(\COc1ccc(COc2ccc(C(C)(N)CC(=O)O)cc2)cc1)c1ccccc1. The summed E-state index contributed by atoms with van der Waals surface area (Å²) >= 11 is 0. The summed E-state index contributed by atoms with van der Waals surface area (Å²) in [6, 6.07) is 24.5. The van der Waals surface area contributed by atoms with E-state index in [0.717, 1.165) is 16.7 Å². The number of aliphatic carboxylic acids is 1. The molecule has 0 aromatic heterocycles. The van der Waals surface area contributed by atoms with Crippen LogP contribution in [0.15, 0.2) is 84.0 Å². The topological polar surface area (TPSA) is 103 Å². The molecule has 0 heterocycles. The summed E-state index contributed by atoms with van der Waals surface area (Å²) in [5.74, 6) is 0.451. The van der Waals surface area contributed by atoms with Crippen LogP contribution in [-0.4, -0.2) is 30.5 Å².